The summed E-state index contributed by atoms with van der Waals surface area (Å²) < 4.78 is 10.8. The van der Waals surface area contributed by atoms with Gasteiger partial charge in [0.1, 0.15) is 12.3 Å². The lowest BCUT2D eigenvalue weighted by Gasteiger charge is -2.31. The third-order valence-electron chi connectivity index (χ3n) is 6.76. The van der Waals surface area contributed by atoms with E-state index in [0.717, 1.165) is 41.2 Å². The van der Waals surface area contributed by atoms with Crippen LogP contribution >= 0.6 is 0 Å². The molecule has 1 N–H and O–H groups in total. The minimum absolute atomic E-state index is 0.0482. The molecule has 9 nitrogen and oxygen atoms in total. The quantitative estimate of drug-likeness (QED) is 0.564. The highest BCUT2D eigenvalue weighted by molar-refractivity contribution is 6.03. The van der Waals surface area contributed by atoms with Crippen molar-refractivity contribution in [3.05, 3.63) is 65.2 Å². The first kappa shape index (κ1) is 26.6. The zero-order chi connectivity index (χ0) is 26.2. The molecule has 9 heteroatoms. The molecule has 0 spiro atoms. The van der Waals surface area contributed by atoms with E-state index in [4.69, 9.17) is 14.6 Å². The predicted octanol–water partition coefficient (Wildman–Crippen LogP) is 3.05. The van der Waals surface area contributed by atoms with Gasteiger partial charge in [0, 0.05) is 44.7 Å². The molecular weight excluding hydrogens is 470 g/mol. The van der Waals surface area contributed by atoms with Gasteiger partial charge < -0.3 is 19.7 Å². The van der Waals surface area contributed by atoms with Crippen molar-refractivity contribution in [2.75, 3.05) is 59.6 Å². The van der Waals surface area contributed by atoms with Gasteiger partial charge in [0.05, 0.1) is 32.1 Å². The molecule has 0 aliphatic carbocycles. The zero-order valence-electron chi connectivity index (χ0n) is 22.0. The fourth-order valence-corrected chi connectivity index (χ4v) is 4.60. The fourth-order valence-electron chi connectivity index (χ4n) is 4.60. The van der Waals surface area contributed by atoms with E-state index in [1.807, 2.05) is 62.4 Å². The molecule has 0 unspecified atom stereocenters. The number of carbonyl (C=O) groups excluding carboxylic acids is 2. The number of hydrogen-bond acceptors (Lipinski definition) is 6. The number of ether oxygens (including phenoxy) is 2. The van der Waals surface area contributed by atoms with Crippen LogP contribution in [0.3, 0.4) is 0 Å². The normalized spacial score (nSPS) is 17.9. The van der Waals surface area contributed by atoms with Crippen LogP contribution in [0.2, 0.25) is 0 Å². The van der Waals surface area contributed by atoms with E-state index in [2.05, 4.69) is 10.2 Å². The number of urea groups is 1. The van der Waals surface area contributed by atoms with Crippen LogP contribution in [0.1, 0.15) is 36.1 Å². The topological polar surface area (TPSA) is 86.7 Å². The first-order valence-corrected chi connectivity index (χ1v) is 12.9. The minimum atomic E-state index is -0.246. The fraction of sp³-hybridized carbons (Fsp3) is 0.464. The number of carbonyl (C=O) groups is 2. The molecular formula is C28H37N5O4. The van der Waals surface area contributed by atoms with Crippen LogP contribution in [0, 0.1) is 6.92 Å². The molecule has 0 radical (unpaired) electrons. The third kappa shape index (κ3) is 6.87. The second kappa shape index (κ2) is 12.7. The summed E-state index contributed by atoms with van der Waals surface area (Å²) in [5.41, 5.74) is 3.90. The number of aryl methyl sites for hydroxylation is 1. The molecule has 1 saturated heterocycles. The molecule has 0 aromatic heterocycles. The molecule has 1 fully saturated rings. The van der Waals surface area contributed by atoms with Crippen molar-refractivity contribution in [3.8, 4) is 5.75 Å². The Morgan fingerprint density at radius 2 is 1.92 bits per heavy atom. The monoisotopic (exact) mass is 507 g/mol. The highest BCUT2D eigenvalue weighted by atomic mass is 16.5. The van der Waals surface area contributed by atoms with Crippen LogP contribution in [0.25, 0.3) is 0 Å². The molecule has 198 valence electrons. The van der Waals surface area contributed by atoms with Gasteiger partial charge in [-0.15, -0.1) is 0 Å². The number of amides is 3. The van der Waals surface area contributed by atoms with Crippen LogP contribution in [-0.2, 0) is 9.53 Å². The van der Waals surface area contributed by atoms with Crippen molar-refractivity contribution in [2.24, 2.45) is 5.10 Å². The summed E-state index contributed by atoms with van der Waals surface area (Å²) in [6.07, 6.45) is 0.580. The van der Waals surface area contributed by atoms with Crippen LogP contribution in [0.15, 0.2) is 53.6 Å². The van der Waals surface area contributed by atoms with E-state index in [1.54, 1.807) is 17.0 Å². The second-order valence-electron chi connectivity index (χ2n) is 9.36. The van der Waals surface area contributed by atoms with Crippen LogP contribution in [0.4, 0.5) is 4.79 Å². The lowest BCUT2D eigenvalue weighted by Crippen LogP contribution is -2.49. The average Bonchev–Trinajstić information content (AvgIpc) is 3.38. The van der Waals surface area contributed by atoms with Crippen molar-refractivity contribution in [1.82, 2.24) is 20.1 Å². The average molecular weight is 508 g/mol. The largest absolute Gasteiger partial charge is 0.497 e. The van der Waals surface area contributed by atoms with Crippen LogP contribution < -0.4 is 10.1 Å². The van der Waals surface area contributed by atoms with Gasteiger partial charge in [-0.3, -0.25) is 9.69 Å². The lowest BCUT2D eigenvalue weighted by atomic mass is 9.97. The molecule has 0 saturated carbocycles. The molecule has 2 aromatic carbocycles. The van der Waals surface area contributed by atoms with Gasteiger partial charge in [0.15, 0.2) is 0 Å². The van der Waals surface area contributed by atoms with Crippen LogP contribution in [0.5, 0.6) is 5.75 Å². The summed E-state index contributed by atoms with van der Waals surface area (Å²) in [5, 5.41) is 9.19. The molecule has 2 heterocycles. The van der Waals surface area contributed by atoms with Gasteiger partial charge in [-0.2, -0.15) is 5.10 Å². The molecule has 0 bridgehead atoms. The van der Waals surface area contributed by atoms with E-state index in [-0.39, 0.29) is 24.5 Å². The molecule has 37 heavy (non-hydrogen) atoms. The number of methoxy groups -OCH3 is 1. The van der Waals surface area contributed by atoms with Gasteiger partial charge in [0.25, 0.3) is 5.91 Å². The summed E-state index contributed by atoms with van der Waals surface area (Å²) in [6.45, 7) is 8.53. The Balaban J connectivity index is 1.56. The van der Waals surface area contributed by atoms with E-state index in [0.29, 0.717) is 39.3 Å². The summed E-state index contributed by atoms with van der Waals surface area (Å²) in [6, 6.07) is 15.4. The van der Waals surface area contributed by atoms with Crippen molar-refractivity contribution < 1.29 is 19.1 Å². The van der Waals surface area contributed by atoms with Crippen molar-refractivity contribution in [2.45, 2.75) is 26.3 Å². The highest BCUT2D eigenvalue weighted by Crippen LogP contribution is 2.33. The molecule has 1 atom stereocenters. The van der Waals surface area contributed by atoms with E-state index in [1.165, 1.54) is 0 Å². The number of hydrazone groups is 1. The number of morpholine rings is 1. The maximum Gasteiger partial charge on any atom is 0.317 e. The first-order valence-electron chi connectivity index (χ1n) is 12.9. The third-order valence-corrected chi connectivity index (χ3v) is 6.76. The number of hydrogen-bond donors (Lipinski definition) is 1. The SMILES string of the molecule is CCNC(=O)N(CCN1CCOCC1)CC(=O)N1N=C(c2cccc(OC)c2)C[C@H]1c1ccc(C)cc1. The van der Waals surface area contributed by atoms with Crippen LogP contribution in [-0.4, -0.2) is 92.1 Å². The minimum Gasteiger partial charge on any atom is -0.497 e. The van der Waals surface area contributed by atoms with Crippen molar-refractivity contribution in [3.63, 3.8) is 0 Å². The standard InChI is InChI=1S/C28H37N5O4/c1-4-29-28(35)32(13-12-31-14-16-37-17-15-31)20-27(34)33-26(22-10-8-21(2)9-11-22)19-25(30-33)23-6-5-7-24(18-23)36-3/h5-11,18,26H,4,12-17,19-20H2,1-3H3,(H,29,35)/t26-/m0/s1. The Hall–Kier alpha value is -3.43. The first-order chi connectivity index (χ1) is 18.0. The Kier molecular flexibility index (Phi) is 9.14. The van der Waals surface area contributed by atoms with Gasteiger partial charge in [-0.05, 0) is 31.5 Å². The second-order valence-corrected chi connectivity index (χ2v) is 9.36. The van der Waals surface area contributed by atoms with Gasteiger partial charge in [-0.25, -0.2) is 9.80 Å². The maximum absolute atomic E-state index is 13.7. The molecule has 4 rings (SSSR count). The smallest absolute Gasteiger partial charge is 0.317 e. The number of nitrogens with one attached hydrogen (secondary N) is 1. The molecule has 3 amide bonds. The zero-order valence-corrected chi connectivity index (χ0v) is 22.0. The van der Waals surface area contributed by atoms with Gasteiger partial charge >= 0.3 is 6.03 Å². The number of rotatable bonds is 9. The number of benzene rings is 2. The Bertz CT molecular complexity index is 1100. The number of nitrogens with zero attached hydrogens (tertiary/aromatic N) is 4. The molecule has 2 aliphatic heterocycles. The van der Waals surface area contributed by atoms with Crippen molar-refractivity contribution in [1.29, 1.82) is 0 Å². The van der Waals surface area contributed by atoms with E-state index >= 15 is 0 Å². The van der Waals surface area contributed by atoms with E-state index < -0.39 is 0 Å². The summed E-state index contributed by atoms with van der Waals surface area (Å²) in [4.78, 5) is 30.4. The van der Waals surface area contributed by atoms with Crippen molar-refractivity contribution >= 4 is 17.6 Å². The van der Waals surface area contributed by atoms with Gasteiger partial charge in [-0.1, -0.05) is 42.0 Å². The molecule has 2 aromatic rings. The highest BCUT2D eigenvalue weighted by Gasteiger charge is 2.34. The Morgan fingerprint density at radius 1 is 1.16 bits per heavy atom. The lowest BCUT2D eigenvalue weighted by molar-refractivity contribution is -0.133. The predicted molar refractivity (Wildman–Crippen MR) is 143 cm³/mol. The Morgan fingerprint density at radius 3 is 2.62 bits per heavy atom. The maximum atomic E-state index is 13.7. The summed E-state index contributed by atoms with van der Waals surface area (Å²) in [5.74, 6) is 0.527. The summed E-state index contributed by atoms with van der Waals surface area (Å²) in [7, 11) is 1.63. The van der Waals surface area contributed by atoms with E-state index in [9.17, 15) is 9.59 Å². The summed E-state index contributed by atoms with van der Waals surface area (Å²) >= 11 is 0. The Labute approximate surface area is 219 Å². The molecule has 2 aliphatic rings. The van der Waals surface area contributed by atoms with Gasteiger partial charge in [0.2, 0.25) is 0 Å².